The van der Waals surface area contributed by atoms with Gasteiger partial charge in [-0.1, -0.05) is 0 Å². The second-order valence-electron chi connectivity index (χ2n) is 15.5. The summed E-state index contributed by atoms with van der Waals surface area (Å²) in [7, 11) is 10.6. The summed E-state index contributed by atoms with van der Waals surface area (Å²) >= 11 is -1.07. The Morgan fingerprint density at radius 3 is 0.938 bits per heavy atom. The fourth-order valence-corrected chi connectivity index (χ4v) is 46.1. The average molecular weight is 736 g/mol. The minimum atomic E-state index is -0.287. The first-order valence-electron chi connectivity index (χ1n) is 12.4. The van der Waals surface area contributed by atoms with E-state index in [1.54, 1.807) is 0 Å². The van der Waals surface area contributed by atoms with Crippen molar-refractivity contribution in [3.05, 3.63) is 0 Å². The third-order valence-electron chi connectivity index (χ3n) is 8.02. The molecule has 6 fully saturated rings. The van der Waals surface area contributed by atoms with Crippen LogP contribution in [0.25, 0.3) is 0 Å². The molecule has 0 saturated heterocycles. The van der Waals surface area contributed by atoms with Crippen LogP contribution in [0, 0.1) is 23.7 Å². The van der Waals surface area contributed by atoms with E-state index in [2.05, 4.69) is 122 Å². The SMILES string of the molecule is C[C](C)(C)[Ga][S]C12C3C4C1C1([S][Ga][C](C)(C)C)C4([S][Ga][C](C)(C)C)C3C21[S][Ga][C](C)(C)C. The van der Waals surface area contributed by atoms with E-state index in [1.807, 2.05) is 0 Å². The molecule has 0 heterocycles. The Kier molecular flexibility index (Phi) is 6.69. The van der Waals surface area contributed by atoms with Gasteiger partial charge >= 0.3 is 245 Å². The van der Waals surface area contributed by atoms with Crippen LogP contribution >= 0.6 is 38.8 Å². The van der Waals surface area contributed by atoms with Gasteiger partial charge in [-0.25, -0.2) is 0 Å². The van der Waals surface area contributed by atoms with E-state index in [1.165, 1.54) is 0 Å². The standard InChI is InChI=1S/C8H8S4.4C4H9.4Ga/c9-5-1-2-4(5)8(12)6(2,10)3(1)7(5,8)11;4*1-4(2)3;;;;/h1-4,9-12H;4*1-3H3;;;;/q;;;;;4*+1/p-4. The summed E-state index contributed by atoms with van der Waals surface area (Å²) in [5.74, 6) is 4.58. The molecule has 0 aliphatic heterocycles. The van der Waals surface area contributed by atoms with E-state index >= 15 is 0 Å². The number of hydrogen-bond donors (Lipinski definition) is 0. The average Bonchev–Trinajstić information content (AvgIpc) is 2.58. The summed E-state index contributed by atoms with van der Waals surface area (Å²) in [4.78, 5) is 0. The molecule has 6 aliphatic carbocycles. The van der Waals surface area contributed by atoms with Crippen molar-refractivity contribution in [3.63, 3.8) is 0 Å². The second-order valence-corrected chi connectivity index (χ2v) is 46.4. The molecule has 0 aromatic carbocycles. The summed E-state index contributed by atoms with van der Waals surface area (Å²) < 4.78 is 5.47. The normalized spacial score (nSPS) is 47.1. The van der Waals surface area contributed by atoms with Crippen LogP contribution in [0.2, 0.25) is 15.9 Å². The molecular weight excluding hydrogens is 695 g/mol. The summed E-state index contributed by atoms with van der Waals surface area (Å²) in [5.41, 5.74) is 0. The van der Waals surface area contributed by atoms with E-state index in [4.69, 9.17) is 0 Å². The van der Waals surface area contributed by atoms with E-state index in [0.29, 0.717) is 15.9 Å². The molecule has 0 amide bonds. The molecule has 6 aliphatic rings. The van der Waals surface area contributed by atoms with Crippen LogP contribution in [-0.2, 0) is 0 Å². The predicted molar refractivity (Wildman–Crippen MR) is 157 cm³/mol. The van der Waals surface area contributed by atoms with Gasteiger partial charge in [-0.15, -0.1) is 0 Å². The molecule has 6 rings (SSSR count). The third kappa shape index (κ3) is 3.22. The van der Waals surface area contributed by atoms with Gasteiger partial charge in [-0.3, -0.25) is 0 Å². The van der Waals surface area contributed by atoms with Crippen molar-refractivity contribution in [1.82, 2.24) is 0 Å². The first-order valence-corrected chi connectivity index (χ1v) is 32.6. The zero-order chi connectivity index (χ0) is 24.0. The van der Waals surface area contributed by atoms with Gasteiger partial charge in [0.05, 0.1) is 0 Å². The zero-order valence-corrected chi connectivity index (χ0v) is 35.2. The number of hydrogen-bond acceptors (Lipinski definition) is 4. The van der Waals surface area contributed by atoms with Crippen molar-refractivity contribution >= 4 is 104 Å². The maximum absolute atomic E-state index is 2.68. The third-order valence-corrected chi connectivity index (χ3v) is 47.1. The molecule has 8 atom stereocenters. The van der Waals surface area contributed by atoms with Gasteiger partial charge in [0, 0.05) is 0 Å². The Morgan fingerprint density at radius 2 is 0.688 bits per heavy atom. The van der Waals surface area contributed by atoms with Gasteiger partial charge in [0.1, 0.15) is 0 Å². The van der Waals surface area contributed by atoms with Gasteiger partial charge in [0.2, 0.25) is 0 Å². The van der Waals surface area contributed by atoms with E-state index in [-0.39, 0.29) is 64.7 Å². The summed E-state index contributed by atoms with van der Waals surface area (Å²) in [5, 5.41) is 0. The minimum absolute atomic E-state index is 0.249. The first kappa shape index (κ1) is 27.5. The van der Waals surface area contributed by atoms with Crippen molar-refractivity contribution in [2.75, 3.05) is 0 Å². The first-order chi connectivity index (χ1) is 14.3. The van der Waals surface area contributed by atoms with Gasteiger partial charge in [-0.2, -0.15) is 0 Å². The molecule has 6 saturated carbocycles. The Bertz CT molecular complexity index is 756. The van der Waals surface area contributed by atoms with Crippen LogP contribution in [0.5, 0.6) is 0 Å². The molecule has 172 valence electrons. The van der Waals surface area contributed by atoms with Crippen molar-refractivity contribution in [2.45, 2.75) is 118 Å². The summed E-state index contributed by atoms with van der Waals surface area (Å²) in [6.45, 7) is 30.5. The molecule has 0 nitrogen and oxygen atoms in total. The molecule has 0 spiro atoms. The zero-order valence-electron chi connectivity index (χ0n) is 22.3. The molecule has 0 aromatic rings. The fourth-order valence-electron chi connectivity index (χ4n) is 7.47. The van der Waals surface area contributed by atoms with Gasteiger partial charge < -0.3 is 0 Å². The molecule has 0 N–H and O–H groups in total. The van der Waals surface area contributed by atoms with Gasteiger partial charge in [0.15, 0.2) is 0 Å². The maximum atomic E-state index is 2.68. The quantitative estimate of drug-likeness (QED) is 0.234. The van der Waals surface area contributed by atoms with Crippen LogP contribution in [0.15, 0.2) is 0 Å². The Labute approximate surface area is 242 Å². The van der Waals surface area contributed by atoms with Crippen LogP contribution in [0.4, 0.5) is 0 Å². The van der Waals surface area contributed by atoms with E-state index in [0.717, 1.165) is 42.7 Å². The van der Waals surface area contributed by atoms with Crippen molar-refractivity contribution in [3.8, 4) is 0 Å². The molecule has 8 heteroatoms. The Balaban J connectivity index is 1.48. The fraction of sp³-hybridized carbons (Fsp3) is 1.00. The molecule has 0 aromatic heterocycles. The topological polar surface area (TPSA) is 0 Å². The van der Waals surface area contributed by atoms with Gasteiger partial charge in [-0.05, 0) is 0 Å². The van der Waals surface area contributed by atoms with Crippen LogP contribution in [0.3, 0.4) is 0 Å². The van der Waals surface area contributed by atoms with Crippen molar-refractivity contribution in [2.24, 2.45) is 23.7 Å². The number of rotatable bonds is 8. The molecule has 32 heavy (non-hydrogen) atoms. The van der Waals surface area contributed by atoms with Crippen LogP contribution in [0.1, 0.15) is 83.1 Å². The molecular formula is C24H40Ga4S4. The van der Waals surface area contributed by atoms with E-state index in [9.17, 15) is 0 Å². The molecule has 0 bridgehead atoms. The van der Waals surface area contributed by atoms with Crippen molar-refractivity contribution in [1.29, 1.82) is 0 Å². The Morgan fingerprint density at radius 1 is 0.438 bits per heavy atom. The van der Waals surface area contributed by atoms with Crippen molar-refractivity contribution < 1.29 is 0 Å². The summed E-state index contributed by atoms with van der Waals surface area (Å²) in [6.07, 6.45) is 0. The van der Waals surface area contributed by atoms with E-state index < -0.39 is 0 Å². The van der Waals surface area contributed by atoms with Crippen LogP contribution in [-0.4, -0.2) is 83.7 Å². The monoisotopic (exact) mass is 732 g/mol. The predicted octanol–water partition coefficient (Wildman–Crippen LogP) is 7.76. The summed E-state index contributed by atoms with van der Waals surface area (Å²) in [6, 6.07) is 0. The Hall–Kier alpha value is 3.95. The molecule has 8 unspecified atom stereocenters. The molecule has 4 radical (unpaired) electrons. The second kappa shape index (κ2) is 7.78. The van der Waals surface area contributed by atoms with Gasteiger partial charge in [0.25, 0.3) is 0 Å². The van der Waals surface area contributed by atoms with Crippen LogP contribution < -0.4 is 0 Å².